The maximum absolute atomic E-state index is 13.2. The number of imidazole rings is 2. The molecule has 37 heavy (non-hydrogen) atoms. The smallest absolute Gasteiger partial charge is 0.361 e. The van der Waals surface area contributed by atoms with Crippen molar-refractivity contribution in [2.75, 3.05) is 6.61 Å². The summed E-state index contributed by atoms with van der Waals surface area (Å²) in [5, 5.41) is 4.37. The number of nitrogens with zero attached hydrogens (tertiary/aromatic N) is 6. The predicted molar refractivity (Wildman–Crippen MR) is 136 cm³/mol. The van der Waals surface area contributed by atoms with Crippen LogP contribution in [0, 0.1) is 0 Å². The quantitative estimate of drug-likeness (QED) is 0.261. The van der Waals surface area contributed by atoms with Gasteiger partial charge in [0.05, 0.1) is 18.3 Å². The summed E-state index contributed by atoms with van der Waals surface area (Å²) in [5.41, 5.74) is 1.76. The molecule has 4 heterocycles. The SMILES string of the molecule is C[Si](C)(C)CCOCn1c(-c2cnn(CC3=CCCC(C(F)(F)F)=C3)c2)nc2[nH]c(=O)n3ccnc3c21. The molecule has 1 N–H and O–H groups in total. The molecule has 196 valence electrons. The standard InChI is InChI=1S/C24H28F3N7O2Si/c1-37(2,3)10-9-36-15-34-19-20(31-23(35)33-8-7-28-22(19)33)30-21(34)17-12-29-32(14-17)13-16-5-4-6-18(11-16)24(25,26)27/h5,7-8,11-12,14H,4,6,9-10,13,15H2,1-3H3,(H,31,35). The van der Waals surface area contributed by atoms with Gasteiger partial charge >= 0.3 is 11.9 Å². The first kappa shape index (κ1) is 25.2. The van der Waals surface area contributed by atoms with Gasteiger partial charge in [0.1, 0.15) is 18.1 Å². The highest BCUT2D eigenvalue weighted by Gasteiger charge is 2.33. The summed E-state index contributed by atoms with van der Waals surface area (Å²) in [6.07, 6.45) is 5.47. The van der Waals surface area contributed by atoms with Crippen LogP contribution in [0.25, 0.3) is 28.2 Å². The summed E-state index contributed by atoms with van der Waals surface area (Å²) in [5.74, 6) is 0.519. The number of ether oxygens (including phenoxy) is 1. The average molecular weight is 532 g/mol. The zero-order valence-electron chi connectivity index (χ0n) is 20.8. The van der Waals surface area contributed by atoms with Crippen LogP contribution >= 0.6 is 0 Å². The molecule has 5 rings (SSSR count). The fraction of sp³-hybridized carbons (Fsp3) is 0.417. The molecule has 0 amide bonds. The van der Waals surface area contributed by atoms with E-state index in [1.807, 2.05) is 4.57 Å². The Balaban J connectivity index is 1.49. The average Bonchev–Trinajstić information content (AvgIpc) is 3.54. The second kappa shape index (κ2) is 9.45. The monoisotopic (exact) mass is 531 g/mol. The molecular weight excluding hydrogens is 503 g/mol. The Hall–Kier alpha value is -3.45. The Morgan fingerprint density at radius 3 is 2.81 bits per heavy atom. The first-order valence-corrected chi connectivity index (χ1v) is 15.7. The van der Waals surface area contributed by atoms with Gasteiger partial charge in [-0.25, -0.2) is 19.2 Å². The minimum atomic E-state index is -4.33. The topological polar surface area (TPSA) is 95.0 Å². The lowest BCUT2D eigenvalue weighted by Gasteiger charge is -2.16. The number of nitrogens with one attached hydrogen (secondary N) is 1. The maximum atomic E-state index is 13.2. The number of allylic oxidation sites excluding steroid dienone is 4. The number of fused-ring (bicyclic) bond motifs is 3. The van der Waals surface area contributed by atoms with Gasteiger partial charge in [0, 0.05) is 38.8 Å². The number of aromatic nitrogens is 7. The fourth-order valence-corrected chi connectivity index (χ4v) is 5.06. The minimum Gasteiger partial charge on any atom is -0.361 e. The highest BCUT2D eigenvalue weighted by atomic mass is 28.3. The number of alkyl halides is 3. The molecule has 0 spiro atoms. The van der Waals surface area contributed by atoms with E-state index in [1.165, 1.54) is 10.5 Å². The number of H-pyrrole nitrogens is 1. The van der Waals surface area contributed by atoms with E-state index < -0.39 is 19.8 Å². The van der Waals surface area contributed by atoms with Crippen LogP contribution in [0.2, 0.25) is 25.7 Å². The molecule has 0 aliphatic heterocycles. The highest BCUT2D eigenvalue weighted by molar-refractivity contribution is 6.76. The molecule has 0 radical (unpaired) electrons. The Kier molecular flexibility index (Phi) is 6.44. The lowest BCUT2D eigenvalue weighted by molar-refractivity contribution is -0.0941. The van der Waals surface area contributed by atoms with Crippen LogP contribution in [0.4, 0.5) is 13.2 Å². The van der Waals surface area contributed by atoms with Crippen LogP contribution < -0.4 is 5.69 Å². The van der Waals surface area contributed by atoms with Crippen LogP contribution in [0.5, 0.6) is 0 Å². The van der Waals surface area contributed by atoms with E-state index in [9.17, 15) is 18.0 Å². The molecule has 0 fully saturated rings. The third-order valence-electron chi connectivity index (χ3n) is 6.26. The van der Waals surface area contributed by atoms with Crippen LogP contribution in [0.1, 0.15) is 12.8 Å². The molecule has 0 unspecified atom stereocenters. The number of rotatable bonds is 8. The van der Waals surface area contributed by atoms with Crippen molar-refractivity contribution >= 4 is 24.9 Å². The van der Waals surface area contributed by atoms with Gasteiger partial charge < -0.3 is 4.74 Å². The Morgan fingerprint density at radius 1 is 1.24 bits per heavy atom. The normalized spacial score (nSPS) is 15.0. The second-order valence-corrected chi connectivity index (χ2v) is 16.0. The molecule has 4 aromatic rings. The van der Waals surface area contributed by atoms with E-state index >= 15 is 0 Å². The summed E-state index contributed by atoms with van der Waals surface area (Å²) >= 11 is 0. The number of aromatic amines is 1. The molecule has 0 bridgehead atoms. The Bertz CT molecular complexity index is 1570. The third-order valence-corrected chi connectivity index (χ3v) is 7.97. The Morgan fingerprint density at radius 2 is 2.05 bits per heavy atom. The summed E-state index contributed by atoms with van der Waals surface area (Å²) < 4.78 is 50.4. The molecular formula is C24H28F3N7O2Si. The van der Waals surface area contributed by atoms with Crippen molar-refractivity contribution in [2.24, 2.45) is 0 Å². The van der Waals surface area contributed by atoms with Crippen LogP contribution in [0.15, 0.2) is 52.9 Å². The molecule has 4 aromatic heterocycles. The van der Waals surface area contributed by atoms with Crippen molar-refractivity contribution in [3.63, 3.8) is 0 Å². The summed E-state index contributed by atoms with van der Waals surface area (Å²) in [4.78, 5) is 24.3. The largest absolute Gasteiger partial charge is 0.412 e. The molecule has 1 aliphatic carbocycles. The van der Waals surface area contributed by atoms with Gasteiger partial charge in [-0.1, -0.05) is 25.7 Å². The van der Waals surface area contributed by atoms with Crippen LogP contribution in [-0.4, -0.2) is 54.6 Å². The van der Waals surface area contributed by atoms with Gasteiger partial charge in [-0.15, -0.1) is 0 Å². The number of hydrogen-bond donors (Lipinski definition) is 1. The van der Waals surface area contributed by atoms with E-state index in [4.69, 9.17) is 4.74 Å². The maximum Gasteiger partial charge on any atom is 0.412 e. The molecule has 0 atom stereocenters. The zero-order chi connectivity index (χ0) is 26.4. The van der Waals surface area contributed by atoms with Crippen molar-refractivity contribution in [2.45, 2.75) is 58.0 Å². The van der Waals surface area contributed by atoms with Gasteiger partial charge in [-0.3, -0.25) is 14.2 Å². The molecule has 0 saturated heterocycles. The lowest BCUT2D eigenvalue weighted by Crippen LogP contribution is -2.22. The minimum absolute atomic E-state index is 0.0144. The summed E-state index contributed by atoms with van der Waals surface area (Å²) in [7, 11) is -1.29. The van der Waals surface area contributed by atoms with Crippen LogP contribution in [-0.2, 0) is 18.0 Å². The first-order chi connectivity index (χ1) is 17.5. The summed E-state index contributed by atoms with van der Waals surface area (Å²) in [6.45, 7) is 7.81. The van der Waals surface area contributed by atoms with Crippen molar-refractivity contribution in [3.05, 3.63) is 58.6 Å². The van der Waals surface area contributed by atoms with E-state index in [0.29, 0.717) is 46.8 Å². The van der Waals surface area contributed by atoms with Crippen molar-refractivity contribution in [1.82, 2.24) is 33.7 Å². The van der Waals surface area contributed by atoms with Gasteiger partial charge in [-0.2, -0.15) is 18.3 Å². The molecule has 9 nitrogen and oxygen atoms in total. The zero-order valence-corrected chi connectivity index (χ0v) is 21.8. The second-order valence-electron chi connectivity index (χ2n) is 10.4. The number of halogens is 3. The lowest BCUT2D eigenvalue weighted by atomic mass is 9.99. The van der Waals surface area contributed by atoms with E-state index in [1.54, 1.807) is 35.5 Å². The summed E-state index contributed by atoms with van der Waals surface area (Å²) in [6, 6.07) is 0.991. The predicted octanol–water partition coefficient (Wildman–Crippen LogP) is 4.76. The first-order valence-electron chi connectivity index (χ1n) is 12.0. The molecule has 1 aliphatic rings. The van der Waals surface area contributed by atoms with Crippen molar-refractivity contribution < 1.29 is 17.9 Å². The number of hydrogen-bond acceptors (Lipinski definition) is 5. The fourth-order valence-electron chi connectivity index (χ4n) is 4.31. The molecule has 13 heteroatoms. The third kappa shape index (κ3) is 5.32. The molecule has 0 aromatic carbocycles. The highest BCUT2D eigenvalue weighted by Crippen LogP contribution is 2.33. The van der Waals surface area contributed by atoms with Gasteiger partial charge in [0.15, 0.2) is 11.3 Å². The van der Waals surface area contributed by atoms with Gasteiger partial charge in [0.2, 0.25) is 0 Å². The van der Waals surface area contributed by atoms with Crippen molar-refractivity contribution in [3.8, 4) is 11.4 Å². The van der Waals surface area contributed by atoms with Crippen molar-refractivity contribution in [1.29, 1.82) is 0 Å². The van der Waals surface area contributed by atoms with E-state index in [0.717, 1.165) is 6.04 Å². The van der Waals surface area contributed by atoms with Gasteiger partial charge in [-0.05, 0) is 30.5 Å². The van der Waals surface area contributed by atoms with Crippen LogP contribution in [0.3, 0.4) is 0 Å². The molecule has 0 saturated carbocycles. The van der Waals surface area contributed by atoms with E-state index in [2.05, 4.69) is 39.7 Å². The van der Waals surface area contributed by atoms with Gasteiger partial charge in [0.25, 0.3) is 0 Å². The van der Waals surface area contributed by atoms with E-state index in [-0.39, 0.29) is 25.4 Å². The Labute approximate surface area is 211 Å².